The molecule has 0 aromatic heterocycles. The fourth-order valence-corrected chi connectivity index (χ4v) is 2.49. The van der Waals surface area contributed by atoms with Crippen molar-refractivity contribution in [1.29, 1.82) is 0 Å². The average Bonchev–Trinajstić information content (AvgIpc) is 3.46. The molecule has 0 spiro atoms. The summed E-state index contributed by atoms with van der Waals surface area (Å²) < 4.78 is 40.4. The Hall–Kier alpha value is -1.36. The van der Waals surface area contributed by atoms with Crippen molar-refractivity contribution in [1.82, 2.24) is 10.2 Å². The van der Waals surface area contributed by atoms with Crippen LogP contribution in [0.3, 0.4) is 0 Å². The van der Waals surface area contributed by atoms with Crippen LogP contribution in [0.25, 0.3) is 0 Å². The van der Waals surface area contributed by atoms with Crippen LogP contribution in [-0.4, -0.2) is 57.9 Å². The molecule has 1 aromatic rings. The first kappa shape index (κ1) is 24.7. The van der Waals surface area contributed by atoms with E-state index in [1.807, 2.05) is 18.9 Å². The van der Waals surface area contributed by atoms with E-state index < -0.39 is 6.61 Å². The van der Waals surface area contributed by atoms with Gasteiger partial charge < -0.3 is 24.4 Å². The first-order chi connectivity index (χ1) is 13.0. The summed E-state index contributed by atoms with van der Waals surface area (Å²) in [6, 6.07) is 4.91. The predicted octanol–water partition coefficient (Wildman–Crippen LogP) is 3.74. The van der Waals surface area contributed by atoms with Gasteiger partial charge >= 0.3 is 6.61 Å². The standard InChI is InChI=1S/C19H29F2N3O3.HI/c1-4-22-19(24(2)9-10-26-13-14-5-6-14)23-12-15-7-8-16(25-3)17(11-15)27-18(20)21;/h7-8,11,14,18H,4-6,9-10,12-13H2,1-3H3,(H,22,23);1H. The van der Waals surface area contributed by atoms with Gasteiger partial charge in [0.25, 0.3) is 0 Å². The molecule has 160 valence electrons. The van der Waals surface area contributed by atoms with E-state index in [1.165, 1.54) is 26.0 Å². The predicted molar refractivity (Wildman–Crippen MR) is 116 cm³/mol. The number of benzene rings is 1. The molecule has 1 N–H and O–H groups in total. The summed E-state index contributed by atoms with van der Waals surface area (Å²) in [5.74, 6) is 1.75. The van der Waals surface area contributed by atoms with Crippen molar-refractivity contribution >= 4 is 29.9 Å². The third-order valence-electron chi connectivity index (χ3n) is 4.17. The maximum absolute atomic E-state index is 12.6. The summed E-state index contributed by atoms with van der Waals surface area (Å²) >= 11 is 0. The van der Waals surface area contributed by atoms with Crippen LogP contribution in [0, 0.1) is 5.92 Å². The first-order valence-electron chi connectivity index (χ1n) is 9.22. The molecule has 1 aliphatic rings. The SMILES string of the molecule is CCNC(=NCc1ccc(OC)c(OC(F)F)c1)N(C)CCOCC1CC1.I. The average molecular weight is 513 g/mol. The number of alkyl halides is 2. The highest BCUT2D eigenvalue weighted by molar-refractivity contribution is 14.0. The molecule has 6 nitrogen and oxygen atoms in total. The number of hydrogen-bond acceptors (Lipinski definition) is 4. The van der Waals surface area contributed by atoms with Crippen molar-refractivity contribution in [3.05, 3.63) is 23.8 Å². The van der Waals surface area contributed by atoms with Crippen LogP contribution >= 0.6 is 24.0 Å². The fraction of sp³-hybridized carbons (Fsp3) is 0.632. The lowest BCUT2D eigenvalue weighted by molar-refractivity contribution is -0.0512. The molecule has 1 saturated carbocycles. The van der Waals surface area contributed by atoms with Gasteiger partial charge in [0.05, 0.1) is 20.3 Å². The number of guanidine groups is 1. The van der Waals surface area contributed by atoms with E-state index >= 15 is 0 Å². The maximum atomic E-state index is 12.6. The molecule has 0 bridgehead atoms. The van der Waals surface area contributed by atoms with E-state index in [4.69, 9.17) is 9.47 Å². The molecule has 0 heterocycles. The number of halogens is 3. The summed E-state index contributed by atoms with van der Waals surface area (Å²) in [5, 5.41) is 3.23. The normalized spacial score (nSPS) is 13.9. The van der Waals surface area contributed by atoms with Crippen molar-refractivity contribution in [2.24, 2.45) is 10.9 Å². The molecule has 1 aliphatic carbocycles. The van der Waals surface area contributed by atoms with Gasteiger partial charge in [-0.3, -0.25) is 0 Å². The third-order valence-corrected chi connectivity index (χ3v) is 4.17. The zero-order valence-electron chi connectivity index (χ0n) is 16.6. The van der Waals surface area contributed by atoms with Crippen LogP contribution in [0.2, 0.25) is 0 Å². The van der Waals surface area contributed by atoms with E-state index in [1.54, 1.807) is 12.1 Å². The van der Waals surface area contributed by atoms with Gasteiger partial charge in [0.15, 0.2) is 17.5 Å². The number of likely N-dealkylation sites (N-methyl/N-ethyl adjacent to an activating group) is 1. The van der Waals surface area contributed by atoms with E-state index in [9.17, 15) is 8.78 Å². The monoisotopic (exact) mass is 513 g/mol. The van der Waals surface area contributed by atoms with Crippen LogP contribution in [-0.2, 0) is 11.3 Å². The number of aliphatic imine (C=N–C) groups is 1. The summed E-state index contributed by atoms with van der Waals surface area (Å²) in [6.45, 7) is 2.35. The summed E-state index contributed by atoms with van der Waals surface area (Å²) in [6.07, 6.45) is 2.55. The molecule has 1 fully saturated rings. The molecule has 0 aliphatic heterocycles. The van der Waals surface area contributed by atoms with Gasteiger partial charge in [0.1, 0.15) is 0 Å². The zero-order chi connectivity index (χ0) is 19.6. The van der Waals surface area contributed by atoms with Crippen LogP contribution in [0.15, 0.2) is 23.2 Å². The van der Waals surface area contributed by atoms with Crippen molar-refractivity contribution in [2.45, 2.75) is 32.9 Å². The summed E-state index contributed by atoms with van der Waals surface area (Å²) in [7, 11) is 3.36. The minimum atomic E-state index is -2.91. The number of methoxy groups -OCH3 is 1. The van der Waals surface area contributed by atoms with E-state index in [2.05, 4.69) is 15.0 Å². The Kier molecular flexibility index (Phi) is 11.4. The highest BCUT2D eigenvalue weighted by Gasteiger charge is 2.21. The van der Waals surface area contributed by atoms with Crippen molar-refractivity contribution in [2.75, 3.05) is 40.5 Å². The largest absolute Gasteiger partial charge is 0.493 e. The first-order valence-corrected chi connectivity index (χ1v) is 9.22. The van der Waals surface area contributed by atoms with Crippen LogP contribution in [0.1, 0.15) is 25.3 Å². The second-order valence-corrected chi connectivity index (χ2v) is 6.47. The van der Waals surface area contributed by atoms with Gasteiger partial charge in [-0.1, -0.05) is 6.07 Å². The molecule has 0 unspecified atom stereocenters. The van der Waals surface area contributed by atoms with Crippen LogP contribution < -0.4 is 14.8 Å². The van der Waals surface area contributed by atoms with Gasteiger partial charge in [0, 0.05) is 26.7 Å². The lowest BCUT2D eigenvalue weighted by atomic mass is 10.2. The minimum Gasteiger partial charge on any atom is -0.493 e. The van der Waals surface area contributed by atoms with Crippen molar-refractivity contribution in [3.8, 4) is 11.5 Å². The number of ether oxygens (including phenoxy) is 3. The van der Waals surface area contributed by atoms with Crippen LogP contribution in [0.4, 0.5) is 8.78 Å². The number of nitrogens with one attached hydrogen (secondary N) is 1. The molecule has 0 atom stereocenters. The van der Waals surface area contributed by atoms with Gasteiger partial charge in [-0.2, -0.15) is 8.78 Å². The molecule has 28 heavy (non-hydrogen) atoms. The Morgan fingerprint density at radius 3 is 2.68 bits per heavy atom. The Bertz CT molecular complexity index is 616. The lowest BCUT2D eigenvalue weighted by Crippen LogP contribution is -2.40. The number of hydrogen-bond donors (Lipinski definition) is 1. The maximum Gasteiger partial charge on any atom is 0.387 e. The quantitative estimate of drug-likeness (QED) is 0.212. The molecule has 0 amide bonds. The number of nitrogens with zero attached hydrogens (tertiary/aromatic N) is 2. The van der Waals surface area contributed by atoms with Crippen molar-refractivity contribution < 1.29 is 23.0 Å². The van der Waals surface area contributed by atoms with Gasteiger partial charge in [0.2, 0.25) is 0 Å². The molecule has 0 radical (unpaired) electrons. The molecule has 1 aromatic carbocycles. The zero-order valence-corrected chi connectivity index (χ0v) is 19.0. The molecular weight excluding hydrogens is 483 g/mol. The molecule has 0 saturated heterocycles. The second-order valence-electron chi connectivity index (χ2n) is 6.47. The molecule has 2 rings (SSSR count). The Balaban J connectivity index is 0.00000392. The van der Waals surface area contributed by atoms with E-state index in [0.717, 1.165) is 37.1 Å². The van der Waals surface area contributed by atoms with E-state index in [0.29, 0.717) is 13.2 Å². The Morgan fingerprint density at radius 2 is 2.07 bits per heavy atom. The third kappa shape index (κ3) is 8.76. The fourth-order valence-electron chi connectivity index (χ4n) is 2.49. The highest BCUT2D eigenvalue weighted by atomic mass is 127. The smallest absolute Gasteiger partial charge is 0.387 e. The minimum absolute atomic E-state index is 0. The van der Waals surface area contributed by atoms with Crippen molar-refractivity contribution in [3.63, 3.8) is 0 Å². The van der Waals surface area contributed by atoms with Gasteiger partial charge in [-0.25, -0.2) is 4.99 Å². The Morgan fingerprint density at radius 1 is 1.32 bits per heavy atom. The van der Waals surface area contributed by atoms with Crippen LogP contribution in [0.5, 0.6) is 11.5 Å². The molecular formula is C19H30F2IN3O3. The summed E-state index contributed by atoms with van der Waals surface area (Å²) in [5.41, 5.74) is 0.750. The van der Waals surface area contributed by atoms with E-state index in [-0.39, 0.29) is 35.5 Å². The number of rotatable bonds is 11. The topological polar surface area (TPSA) is 55.3 Å². The van der Waals surface area contributed by atoms with Gasteiger partial charge in [-0.15, -0.1) is 24.0 Å². The second kappa shape index (κ2) is 13.0. The summed E-state index contributed by atoms with van der Waals surface area (Å²) in [4.78, 5) is 6.57. The van der Waals surface area contributed by atoms with Gasteiger partial charge in [-0.05, 0) is 43.4 Å². The lowest BCUT2D eigenvalue weighted by Gasteiger charge is -2.22. The highest BCUT2D eigenvalue weighted by Crippen LogP contribution is 2.30. The Labute approximate surface area is 182 Å². The molecule has 9 heteroatoms.